The molecule has 154 valence electrons. The number of nitrogens with zero attached hydrogens (tertiary/aromatic N) is 5. The van der Waals surface area contributed by atoms with E-state index in [4.69, 9.17) is 14.7 Å². The summed E-state index contributed by atoms with van der Waals surface area (Å²) in [5.74, 6) is 0.164. The highest BCUT2D eigenvalue weighted by Crippen LogP contribution is 2.28. The van der Waals surface area contributed by atoms with Gasteiger partial charge < -0.3 is 9.47 Å². The molecule has 0 fully saturated rings. The number of aromatic nitrogens is 4. The number of ether oxygens (including phenoxy) is 2. The number of halogens is 3. The molecule has 0 aliphatic heterocycles. The molecule has 0 bridgehead atoms. The lowest BCUT2D eigenvalue weighted by atomic mass is 10.1. The maximum atomic E-state index is 12.6. The summed E-state index contributed by atoms with van der Waals surface area (Å²) in [4.78, 5) is 15.7. The monoisotopic (exact) mass is 417 g/mol. The number of pyridine rings is 1. The summed E-state index contributed by atoms with van der Waals surface area (Å²) in [6.07, 6.45) is -2.35. The first-order chi connectivity index (χ1) is 14.3. The van der Waals surface area contributed by atoms with Crippen molar-refractivity contribution >= 4 is 5.97 Å². The Kier molecular flexibility index (Phi) is 6.26. The van der Waals surface area contributed by atoms with Crippen LogP contribution in [0.3, 0.4) is 0 Å². The minimum atomic E-state index is -4.47. The van der Waals surface area contributed by atoms with Crippen LogP contribution in [-0.4, -0.2) is 32.6 Å². The Bertz CT molecular complexity index is 1040. The van der Waals surface area contributed by atoms with Crippen LogP contribution in [0.4, 0.5) is 13.2 Å². The van der Waals surface area contributed by atoms with Gasteiger partial charge in [-0.15, -0.1) is 5.10 Å². The lowest BCUT2D eigenvalue weighted by Gasteiger charge is -2.06. The van der Waals surface area contributed by atoms with Gasteiger partial charge in [0, 0.05) is 6.20 Å². The predicted molar refractivity (Wildman–Crippen MR) is 95.2 cm³/mol. The Morgan fingerprint density at radius 3 is 2.57 bits per heavy atom. The number of hydrogen-bond acceptors (Lipinski definition) is 7. The van der Waals surface area contributed by atoms with Crippen molar-refractivity contribution < 1.29 is 27.4 Å². The molecule has 0 saturated heterocycles. The molecule has 0 aliphatic rings. The van der Waals surface area contributed by atoms with Gasteiger partial charge in [0.2, 0.25) is 0 Å². The van der Waals surface area contributed by atoms with Gasteiger partial charge in [-0.2, -0.15) is 18.4 Å². The molecule has 0 atom stereocenters. The lowest BCUT2D eigenvalue weighted by molar-refractivity contribution is -0.144. The summed E-state index contributed by atoms with van der Waals surface area (Å²) in [6, 6.07) is 10.6. The molecule has 3 rings (SSSR count). The van der Waals surface area contributed by atoms with E-state index in [2.05, 4.69) is 15.3 Å². The van der Waals surface area contributed by atoms with Gasteiger partial charge >= 0.3 is 12.1 Å². The van der Waals surface area contributed by atoms with Crippen LogP contribution >= 0.6 is 0 Å². The molecule has 0 unspecified atom stereocenters. The summed E-state index contributed by atoms with van der Waals surface area (Å²) in [5.41, 5.74) is 0.136. The molecule has 2 aromatic heterocycles. The predicted octanol–water partition coefficient (Wildman–Crippen LogP) is 2.87. The third-order valence-corrected chi connectivity index (χ3v) is 3.81. The quantitative estimate of drug-likeness (QED) is 0.545. The van der Waals surface area contributed by atoms with Gasteiger partial charge in [0.1, 0.15) is 24.1 Å². The fourth-order valence-corrected chi connectivity index (χ4v) is 2.36. The second kappa shape index (κ2) is 9.04. The van der Waals surface area contributed by atoms with Crippen LogP contribution in [0.2, 0.25) is 0 Å². The number of benzene rings is 1. The fourth-order valence-electron chi connectivity index (χ4n) is 2.36. The molecule has 0 saturated carbocycles. The molecule has 8 nitrogen and oxygen atoms in total. The van der Waals surface area contributed by atoms with E-state index in [0.717, 1.165) is 12.1 Å². The Morgan fingerprint density at radius 2 is 1.93 bits per heavy atom. The zero-order valence-corrected chi connectivity index (χ0v) is 15.3. The molecule has 1 aromatic carbocycles. The van der Waals surface area contributed by atoms with Crippen LogP contribution in [0.25, 0.3) is 5.82 Å². The smallest absolute Gasteiger partial charge is 0.417 e. The van der Waals surface area contributed by atoms with Crippen molar-refractivity contribution in [3.05, 3.63) is 65.6 Å². The molecule has 2 heterocycles. The summed E-state index contributed by atoms with van der Waals surface area (Å²) < 4.78 is 49.2. The minimum absolute atomic E-state index is 0.0210. The average molecular weight is 417 g/mol. The highest BCUT2D eigenvalue weighted by Gasteiger charge is 2.30. The number of esters is 1. The number of rotatable bonds is 7. The van der Waals surface area contributed by atoms with Gasteiger partial charge in [-0.3, -0.25) is 4.79 Å². The zero-order chi connectivity index (χ0) is 21.6. The molecular weight excluding hydrogens is 403 g/mol. The third-order valence-electron chi connectivity index (χ3n) is 3.81. The Balaban J connectivity index is 1.52. The fraction of sp³-hybridized carbons (Fsp3) is 0.211. The normalized spacial score (nSPS) is 11.0. The van der Waals surface area contributed by atoms with E-state index in [1.165, 1.54) is 10.9 Å². The SMILES string of the molecule is N#CCOc1ccc(CC(=O)OCc2cn(-c3ccc(C(F)(F)F)cn3)nn2)cc1. The van der Waals surface area contributed by atoms with Crippen LogP contribution in [0, 0.1) is 11.3 Å². The van der Waals surface area contributed by atoms with Gasteiger partial charge in [-0.05, 0) is 29.8 Å². The van der Waals surface area contributed by atoms with E-state index in [-0.39, 0.29) is 25.5 Å². The van der Waals surface area contributed by atoms with Crippen LogP contribution in [-0.2, 0) is 28.7 Å². The van der Waals surface area contributed by atoms with Crippen molar-refractivity contribution in [2.45, 2.75) is 19.2 Å². The van der Waals surface area contributed by atoms with E-state index in [1.807, 2.05) is 6.07 Å². The van der Waals surface area contributed by atoms with Gasteiger partial charge in [0.25, 0.3) is 0 Å². The van der Waals surface area contributed by atoms with Crippen molar-refractivity contribution in [1.82, 2.24) is 20.0 Å². The van der Waals surface area contributed by atoms with Gasteiger partial charge in [-0.25, -0.2) is 9.67 Å². The minimum Gasteiger partial charge on any atom is -0.479 e. The first-order valence-corrected chi connectivity index (χ1v) is 8.54. The summed E-state index contributed by atoms with van der Waals surface area (Å²) in [5, 5.41) is 16.1. The summed E-state index contributed by atoms with van der Waals surface area (Å²) >= 11 is 0. The van der Waals surface area contributed by atoms with E-state index in [1.54, 1.807) is 24.3 Å². The second-order valence-electron chi connectivity index (χ2n) is 5.99. The Labute approximate surface area is 168 Å². The van der Waals surface area contributed by atoms with Crippen molar-refractivity contribution in [2.24, 2.45) is 0 Å². The van der Waals surface area contributed by atoms with Crippen LogP contribution in [0.5, 0.6) is 5.75 Å². The second-order valence-corrected chi connectivity index (χ2v) is 5.99. The first kappa shape index (κ1) is 20.8. The highest BCUT2D eigenvalue weighted by atomic mass is 19.4. The van der Waals surface area contributed by atoms with E-state index in [0.29, 0.717) is 23.2 Å². The van der Waals surface area contributed by atoms with E-state index >= 15 is 0 Å². The van der Waals surface area contributed by atoms with E-state index in [9.17, 15) is 18.0 Å². The van der Waals surface area contributed by atoms with E-state index < -0.39 is 17.7 Å². The standard InChI is InChI=1S/C19H14F3N5O3/c20-19(21,22)14-3-6-17(24-10-14)27-11-15(25-26-27)12-30-18(28)9-13-1-4-16(5-2-13)29-8-7-23/h1-6,10-11H,8-9,12H2. The molecular formula is C19H14F3N5O3. The number of hydrogen-bond donors (Lipinski definition) is 0. The molecule has 3 aromatic rings. The van der Waals surface area contributed by atoms with Crippen LogP contribution in [0.1, 0.15) is 16.8 Å². The number of carbonyl (C=O) groups is 1. The van der Waals surface area contributed by atoms with Crippen molar-refractivity contribution in [1.29, 1.82) is 5.26 Å². The molecule has 0 aliphatic carbocycles. The van der Waals surface area contributed by atoms with Crippen molar-refractivity contribution in [2.75, 3.05) is 6.61 Å². The summed E-state index contributed by atoms with van der Waals surface area (Å²) in [7, 11) is 0. The highest BCUT2D eigenvalue weighted by molar-refractivity contribution is 5.72. The van der Waals surface area contributed by atoms with Crippen LogP contribution in [0.15, 0.2) is 48.8 Å². The van der Waals surface area contributed by atoms with Gasteiger partial charge in [0.05, 0.1) is 18.2 Å². The lowest BCUT2D eigenvalue weighted by Crippen LogP contribution is -2.08. The van der Waals surface area contributed by atoms with Gasteiger partial charge in [0.15, 0.2) is 12.4 Å². The number of carbonyl (C=O) groups excluding carboxylic acids is 1. The molecule has 0 radical (unpaired) electrons. The van der Waals surface area contributed by atoms with Crippen molar-refractivity contribution in [3.8, 4) is 17.6 Å². The average Bonchev–Trinajstić information content (AvgIpc) is 3.20. The third kappa shape index (κ3) is 5.54. The maximum absolute atomic E-state index is 12.6. The summed E-state index contributed by atoms with van der Waals surface area (Å²) in [6.45, 7) is -0.215. The number of alkyl halides is 3. The number of nitriles is 1. The van der Waals surface area contributed by atoms with Gasteiger partial charge in [-0.1, -0.05) is 17.3 Å². The molecule has 11 heteroatoms. The molecule has 0 spiro atoms. The molecule has 0 amide bonds. The maximum Gasteiger partial charge on any atom is 0.417 e. The molecule has 0 N–H and O–H groups in total. The zero-order valence-electron chi connectivity index (χ0n) is 15.3. The molecule has 30 heavy (non-hydrogen) atoms. The Morgan fingerprint density at radius 1 is 1.17 bits per heavy atom. The topological polar surface area (TPSA) is 103 Å². The Hall–Kier alpha value is -3.94. The van der Waals surface area contributed by atoms with Crippen molar-refractivity contribution in [3.63, 3.8) is 0 Å². The first-order valence-electron chi connectivity index (χ1n) is 8.54. The van der Waals surface area contributed by atoms with Crippen LogP contribution < -0.4 is 4.74 Å². The largest absolute Gasteiger partial charge is 0.479 e.